The number of alkyl halides is 3. The Bertz CT molecular complexity index is 1420. The summed E-state index contributed by atoms with van der Waals surface area (Å²) in [6.07, 6.45) is -0.165. The molecule has 0 bridgehead atoms. The summed E-state index contributed by atoms with van der Waals surface area (Å²) in [6.45, 7) is 0.120. The second-order valence-corrected chi connectivity index (χ2v) is 8.87. The predicted octanol–water partition coefficient (Wildman–Crippen LogP) is 5.93. The van der Waals surface area contributed by atoms with Gasteiger partial charge in [0, 0.05) is 41.5 Å². The summed E-state index contributed by atoms with van der Waals surface area (Å²) in [5.41, 5.74) is 2.01. The fourth-order valence-electron chi connectivity index (χ4n) is 4.23. The van der Waals surface area contributed by atoms with E-state index >= 15 is 0 Å². The van der Waals surface area contributed by atoms with Gasteiger partial charge >= 0.3 is 6.18 Å². The van der Waals surface area contributed by atoms with Gasteiger partial charge in [-0.05, 0) is 71.3 Å². The molecule has 1 saturated carbocycles. The molecule has 1 aliphatic rings. The van der Waals surface area contributed by atoms with Crippen LogP contribution in [-0.4, -0.2) is 16.8 Å². The van der Waals surface area contributed by atoms with E-state index < -0.39 is 11.7 Å². The SMILES string of the molecule is O=C(NCc1ccc(C(F)(F)F)cc1)c1ccc(C2CC2C(=O)Nc2ccc3cnccc3c2)cc1. The first kappa shape index (κ1) is 23.5. The Morgan fingerprint density at radius 1 is 0.917 bits per heavy atom. The number of carbonyl (C=O) groups is 2. The number of fused-ring (bicyclic) bond motifs is 1. The van der Waals surface area contributed by atoms with E-state index in [0.29, 0.717) is 11.1 Å². The zero-order valence-corrected chi connectivity index (χ0v) is 19.0. The normalized spacial score (nSPS) is 17.0. The Morgan fingerprint density at radius 2 is 1.67 bits per heavy atom. The number of nitrogens with zero attached hydrogens (tertiary/aromatic N) is 1. The van der Waals surface area contributed by atoms with Crippen molar-refractivity contribution in [2.45, 2.75) is 25.1 Å². The van der Waals surface area contributed by atoms with Crippen LogP contribution in [0.2, 0.25) is 0 Å². The molecule has 0 spiro atoms. The monoisotopic (exact) mass is 489 g/mol. The first-order chi connectivity index (χ1) is 17.3. The van der Waals surface area contributed by atoms with Crippen molar-refractivity contribution in [1.29, 1.82) is 0 Å². The van der Waals surface area contributed by atoms with Gasteiger partial charge in [0.05, 0.1) is 5.56 Å². The number of hydrogen-bond donors (Lipinski definition) is 2. The summed E-state index contributed by atoms with van der Waals surface area (Å²) in [5, 5.41) is 7.71. The van der Waals surface area contributed by atoms with Gasteiger partial charge in [0.15, 0.2) is 0 Å². The van der Waals surface area contributed by atoms with Gasteiger partial charge in [-0.1, -0.05) is 30.3 Å². The van der Waals surface area contributed by atoms with Gasteiger partial charge in [0.2, 0.25) is 5.91 Å². The van der Waals surface area contributed by atoms with Crippen molar-refractivity contribution in [3.8, 4) is 0 Å². The van der Waals surface area contributed by atoms with E-state index in [0.717, 1.165) is 40.6 Å². The zero-order chi connectivity index (χ0) is 25.3. The third-order valence-corrected chi connectivity index (χ3v) is 6.37. The Kier molecular flexibility index (Phi) is 6.18. The molecule has 2 atom stereocenters. The second kappa shape index (κ2) is 9.45. The number of halogens is 3. The number of anilines is 1. The Labute approximate surface area is 205 Å². The van der Waals surface area contributed by atoms with Crippen LogP contribution in [0.25, 0.3) is 10.8 Å². The van der Waals surface area contributed by atoms with E-state index in [-0.39, 0.29) is 30.2 Å². The first-order valence-electron chi connectivity index (χ1n) is 11.5. The van der Waals surface area contributed by atoms with Crippen molar-refractivity contribution < 1.29 is 22.8 Å². The lowest BCUT2D eigenvalue weighted by Gasteiger charge is -2.09. The molecule has 0 aliphatic heterocycles. The van der Waals surface area contributed by atoms with E-state index in [2.05, 4.69) is 15.6 Å². The minimum absolute atomic E-state index is 0.0354. The Hall–Kier alpha value is -4.20. The molecule has 4 aromatic rings. The molecule has 8 heteroatoms. The standard InChI is InChI=1S/C28H22F3N3O2/c29-28(30,31)22-8-1-17(2-9-22)15-33-26(35)19-5-3-18(4-6-19)24-14-25(24)27(36)34-23-10-7-21-16-32-12-11-20(21)13-23/h1-13,16,24-25H,14-15H2,(H,33,35)(H,34,36). The van der Waals surface area contributed by atoms with Crippen molar-refractivity contribution in [2.75, 3.05) is 5.32 Å². The summed E-state index contributed by atoms with van der Waals surface area (Å²) in [4.78, 5) is 29.3. The lowest BCUT2D eigenvalue weighted by Crippen LogP contribution is -2.22. The molecule has 2 unspecified atom stereocenters. The van der Waals surface area contributed by atoms with Crippen molar-refractivity contribution in [3.63, 3.8) is 0 Å². The third kappa shape index (κ3) is 5.22. The highest BCUT2D eigenvalue weighted by Gasteiger charge is 2.44. The molecule has 1 fully saturated rings. The lowest BCUT2D eigenvalue weighted by molar-refractivity contribution is -0.137. The van der Waals surface area contributed by atoms with Crippen molar-refractivity contribution in [2.24, 2.45) is 5.92 Å². The Balaban J connectivity index is 1.14. The molecule has 5 rings (SSSR count). The van der Waals surface area contributed by atoms with Gasteiger partial charge in [-0.3, -0.25) is 14.6 Å². The maximum atomic E-state index is 12.7. The summed E-state index contributed by atoms with van der Waals surface area (Å²) in [6, 6.07) is 19.4. The molecule has 2 N–H and O–H groups in total. The zero-order valence-electron chi connectivity index (χ0n) is 19.0. The van der Waals surface area contributed by atoms with Crippen LogP contribution in [0.1, 0.15) is 39.4 Å². The van der Waals surface area contributed by atoms with Crippen LogP contribution in [0.5, 0.6) is 0 Å². The van der Waals surface area contributed by atoms with E-state index in [9.17, 15) is 22.8 Å². The van der Waals surface area contributed by atoms with Gasteiger partial charge in [-0.15, -0.1) is 0 Å². The molecule has 5 nitrogen and oxygen atoms in total. The molecule has 1 heterocycles. The minimum Gasteiger partial charge on any atom is -0.348 e. The third-order valence-electron chi connectivity index (χ3n) is 6.37. The van der Waals surface area contributed by atoms with Gasteiger partial charge < -0.3 is 10.6 Å². The summed E-state index contributed by atoms with van der Waals surface area (Å²) in [5.74, 6) is -0.388. The van der Waals surface area contributed by atoms with Crippen LogP contribution < -0.4 is 10.6 Å². The maximum Gasteiger partial charge on any atom is 0.416 e. The molecular weight excluding hydrogens is 467 g/mol. The topological polar surface area (TPSA) is 71.1 Å². The second-order valence-electron chi connectivity index (χ2n) is 8.87. The highest BCUT2D eigenvalue weighted by molar-refractivity contribution is 5.97. The van der Waals surface area contributed by atoms with Crippen LogP contribution >= 0.6 is 0 Å². The van der Waals surface area contributed by atoms with Crippen molar-refractivity contribution >= 4 is 28.3 Å². The minimum atomic E-state index is -4.39. The van der Waals surface area contributed by atoms with Crippen LogP contribution in [0.15, 0.2) is 85.2 Å². The van der Waals surface area contributed by atoms with Crippen LogP contribution in [0.3, 0.4) is 0 Å². The van der Waals surface area contributed by atoms with E-state index in [1.807, 2.05) is 36.4 Å². The van der Waals surface area contributed by atoms with Crippen molar-refractivity contribution in [1.82, 2.24) is 10.3 Å². The molecular formula is C28H22F3N3O2. The molecule has 2 amide bonds. The largest absolute Gasteiger partial charge is 0.416 e. The molecule has 3 aromatic carbocycles. The van der Waals surface area contributed by atoms with E-state index in [4.69, 9.17) is 0 Å². The average Bonchev–Trinajstić information content (AvgIpc) is 3.68. The fourth-order valence-corrected chi connectivity index (χ4v) is 4.23. The number of nitrogens with one attached hydrogen (secondary N) is 2. The van der Waals surface area contributed by atoms with E-state index in [1.165, 1.54) is 12.1 Å². The summed E-state index contributed by atoms with van der Waals surface area (Å²) in [7, 11) is 0. The highest BCUT2D eigenvalue weighted by atomic mass is 19.4. The van der Waals surface area contributed by atoms with E-state index in [1.54, 1.807) is 24.5 Å². The highest BCUT2D eigenvalue weighted by Crippen LogP contribution is 2.48. The molecule has 36 heavy (non-hydrogen) atoms. The van der Waals surface area contributed by atoms with Crippen LogP contribution in [0, 0.1) is 5.92 Å². The van der Waals surface area contributed by atoms with Crippen molar-refractivity contribution in [3.05, 3.63) is 107 Å². The number of carbonyl (C=O) groups excluding carboxylic acids is 2. The van der Waals surface area contributed by atoms with Gasteiger partial charge in [-0.25, -0.2) is 0 Å². The maximum absolute atomic E-state index is 12.7. The Morgan fingerprint density at radius 3 is 2.39 bits per heavy atom. The molecule has 182 valence electrons. The number of benzene rings is 3. The predicted molar refractivity (Wildman–Crippen MR) is 130 cm³/mol. The van der Waals surface area contributed by atoms with Gasteiger partial charge in [0.1, 0.15) is 0 Å². The quantitative estimate of drug-likeness (QED) is 0.353. The summed E-state index contributed by atoms with van der Waals surface area (Å²) >= 11 is 0. The molecule has 0 radical (unpaired) electrons. The molecule has 1 aromatic heterocycles. The number of pyridine rings is 1. The number of hydrogen-bond acceptors (Lipinski definition) is 3. The summed E-state index contributed by atoms with van der Waals surface area (Å²) < 4.78 is 38.0. The first-order valence-corrected chi connectivity index (χ1v) is 11.5. The van der Waals surface area contributed by atoms with Crippen LogP contribution in [0.4, 0.5) is 18.9 Å². The number of aromatic nitrogens is 1. The number of amides is 2. The smallest absolute Gasteiger partial charge is 0.348 e. The lowest BCUT2D eigenvalue weighted by atomic mass is 10.1. The average molecular weight is 489 g/mol. The molecule has 0 saturated heterocycles. The fraction of sp³-hybridized carbons (Fsp3) is 0.179. The van der Waals surface area contributed by atoms with Crippen LogP contribution in [-0.2, 0) is 17.5 Å². The molecule has 1 aliphatic carbocycles. The van der Waals surface area contributed by atoms with Gasteiger partial charge in [-0.2, -0.15) is 13.2 Å². The number of rotatable bonds is 6. The van der Waals surface area contributed by atoms with Gasteiger partial charge in [0.25, 0.3) is 5.91 Å².